The van der Waals surface area contributed by atoms with Crippen LogP contribution in [0.5, 0.6) is 5.75 Å². The lowest BCUT2D eigenvalue weighted by atomic mass is 10.1. The minimum Gasteiger partial charge on any atom is -0.481 e. The lowest BCUT2D eigenvalue weighted by molar-refractivity contribution is -0.122. The van der Waals surface area contributed by atoms with E-state index in [0.29, 0.717) is 11.4 Å². The average Bonchev–Trinajstić information content (AvgIpc) is 2.72. The summed E-state index contributed by atoms with van der Waals surface area (Å²) in [5.41, 5.74) is 1.01. The van der Waals surface area contributed by atoms with E-state index in [1.807, 2.05) is 6.07 Å². The van der Waals surface area contributed by atoms with Crippen molar-refractivity contribution in [1.82, 2.24) is 0 Å². The van der Waals surface area contributed by atoms with Gasteiger partial charge in [0.2, 0.25) is 0 Å². The highest BCUT2D eigenvalue weighted by molar-refractivity contribution is 6.34. The summed E-state index contributed by atoms with van der Waals surface area (Å²) in [5, 5.41) is 5.61. The predicted octanol–water partition coefficient (Wildman–Crippen LogP) is 5.14. The Morgan fingerprint density at radius 3 is 2.34 bits per heavy atom. The molecule has 3 aromatic rings. The van der Waals surface area contributed by atoms with Crippen LogP contribution in [0.3, 0.4) is 0 Å². The van der Waals surface area contributed by atoms with E-state index in [4.69, 9.17) is 16.3 Å². The Hall–Kier alpha value is -3.38. The van der Waals surface area contributed by atoms with Crippen LogP contribution in [0.1, 0.15) is 17.3 Å². The molecule has 0 aromatic heterocycles. The van der Waals surface area contributed by atoms with E-state index in [1.165, 1.54) is 42.5 Å². The molecule has 0 bridgehead atoms. The molecule has 0 spiro atoms. The van der Waals surface area contributed by atoms with Crippen molar-refractivity contribution in [2.24, 2.45) is 0 Å². The van der Waals surface area contributed by atoms with Crippen molar-refractivity contribution >= 4 is 34.8 Å². The second-order valence-corrected chi connectivity index (χ2v) is 6.63. The molecule has 0 fully saturated rings. The van der Waals surface area contributed by atoms with Crippen LogP contribution < -0.4 is 15.4 Å². The van der Waals surface area contributed by atoms with E-state index in [-0.39, 0.29) is 16.3 Å². The topological polar surface area (TPSA) is 67.4 Å². The normalized spacial score (nSPS) is 11.4. The van der Waals surface area contributed by atoms with E-state index in [1.54, 1.807) is 31.2 Å². The minimum atomic E-state index is -0.773. The van der Waals surface area contributed by atoms with Gasteiger partial charge in [-0.2, -0.15) is 0 Å². The van der Waals surface area contributed by atoms with Crippen LogP contribution in [0.4, 0.5) is 15.8 Å². The van der Waals surface area contributed by atoms with Crippen LogP contribution in [0.25, 0.3) is 0 Å². The van der Waals surface area contributed by atoms with Crippen LogP contribution in [0.15, 0.2) is 72.8 Å². The quantitative estimate of drug-likeness (QED) is 0.589. The Bertz CT molecular complexity index is 1010. The van der Waals surface area contributed by atoms with Crippen molar-refractivity contribution in [2.45, 2.75) is 13.0 Å². The molecule has 0 saturated heterocycles. The van der Waals surface area contributed by atoms with Gasteiger partial charge in [0, 0.05) is 11.3 Å². The van der Waals surface area contributed by atoms with Gasteiger partial charge in [0.05, 0.1) is 10.7 Å². The summed E-state index contributed by atoms with van der Waals surface area (Å²) in [6.45, 7) is 1.61. The molecule has 0 aliphatic rings. The molecule has 1 atom stereocenters. The number of benzene rings is 3. The Labute approximate surface area is 172 Å². The molecule has 0 heterocycles. The second kappa shape index (κ2) is 9.21. The maximum atomic E-state index is 13.0. The molecular weight excluding hydrogens is 395 g/mol. The number of hydrogen-bond acceptors (Lipinski definition) is 3. The number of para-hydroxylation sites is 1. The lowest BCUT2D eigenvalue weighted by Gasteiger charge is -2.16. The van der Waals surface area contributed by atoms with Crippen LogP contribution >= 0.6 is 11.6 Å². The number of amides is 2. The second-order valence-electron chi connectivity index (χ2n) is 6.22. The number of halogens is 2. The zero-order chi connectivity index (χ0) is 20.8. The standard InChI is InChI=1S/C22H18ClFN2O3/c1-14(29-18-5-3-2-4-6-18)21(27)26-20-13-15(7-12-19(20)23)22(28)25-17-10-8-16(24)9-11-17/h2-14H,1H3,(H,25,28)(H,26,27). The third-order valence-corrected chi connectivity index (χ3v) is 4.34. The number of rotatable bonds is 6. The van der Waals surface area contributed by atoms with Crippen molar-refractivity contribution in [2.75, 3.05) is 10.6 Å². The first kappa shape index (κ1) is 20.4. The molecule has 0 aliphatic carbocycles. The summed E-state index contributed by atoms with van der Waals surface area (Å²) in [4.78, 5) is 24.9. The Morgan fingerprint density at radius 1 is 0.966 bits per heavy atom. The first-order valence-electron chi connectivity index (χ1n) is 8.81. The highest BCUT2D eigenvalue weighted by atomic mass is 35.5. The molecule has 2 amide bonds. The van der Waals surface area contributed by atoms with Gasteiger partial charge in [-0.1, -0.05) is 29.8 Å². The van der Waals surface area contributed by atoms with E-state index < -0.39 is 23.7 Å². The Balaban J connectivity index is 1.68. The lowest BCUT2D eigenvalue weighted by Crippen LogP contribution is -2.30. The van der Waals surface area contributed by atoms with E-state index >= 15 is 0 Å². The number of hydrogen-bond donors (Lipinski definition) is 2. The van der Waals surface area contributed by atoms with Crippen molar-refractivity contribution < 1.29 is 18.7 Å². The molecule has 0 aliphatic heterocycles. The molecular formula is C22H18ClFN2O3. The number of anilines is 2. The molecule has 1 unspecified atom stereocenters. The maximum absolute atomic E-state index is 13.0. The number of carbonyl (C=O) groups excluding carboxylic acids is 2. The highest BCUT2D eigenvalue weighted by Crippen LogP contribution is 2.24. The predicted molar refractivity (Wildman–Crippen MR) is 111 cm³/mol. The molecule has 148 valence electrons. The van der Waals surface area contributed by atoms with E-state index in [2.05, 4.69) is 10.6 Å². The number of nitrogens with one attached hydrogen (secondary N) is 2. The minimum absolute atomic E-state index is 0.281. The van der Waals surface area contributed by atoms with Gasteiger partial charge in [0.15, 0.2) is 6.10 Å². The molecule has 29 heavy (non-hydrogen) atoms. The largest absolute Gasteiger partial charge is 0.481 e. The van der Waals surface area contributed by atoms with Crippen molar-refractivity contribution in [3.63, 3.8) is 0 Å². The van der Waals surface area contributed by atoms with Gasteiger partial charge < -0.3 is 15.4 Å². The monoisotopic (exact) mass is 412 g/mol. The van der Waals surface area contributed by atoms with Crippen LogP contribution in [-0.2, 0) is 4.79 Å². The fourth-order valence-corrected chi connectivity index (χ4v) is 2.65. The molecule has 7 heteroatoms. The van der Waals surface area contributed by atoms with E-state index in [0.717, 1.165) is 0 Å². The smallest absolute Gasteiger partial charge is 0.265 e. The van der Waals surface area contributed by atoms with Gasteiger partial charge >= 0.3 is 0 Å². The summed E-state index contributed by atoms with van der Waals surface area (Å²) in [7, 11) is 0. The average molecular weight is 413 g/mol. The summed E-state index contributed by atoms with van der Waals surface area (Å²) in [6, 6.07) is 18.9. The van der Waals surface area contributed by atoms with Crippen LogP contribution in [0.2, 0.25) is 5.02 Å². The maximum Gasteiger partial charge on any atom is 0.265 e. The first-order chi connectivity index (χ1) is 13.9. The van der Waals surface area contributed by atoms with Crippen LogP contribution in [-0.4, -0.2) is 17.9 Å². The molecule has 2 N–H and O–H groups in total. The van der Waals surface area contributed by atoms with Gasteiger partial charge in [-0.05, 0) is 61.5 Å². The summed E-state index contributed by atoms with van der Waals surface area (Å²) >= 11 is 6.16. The summed E-state index contributed by atoms with van der Waals surface area (Å²) < 4.78 is 18.6. The number of ether oxygens (including phenoxy) is 1. The van der Waals surface area contributed by atoms with Crippen molar-refractivity contribution in [1.29, 1.82) is 0 Å². The molecule has 3 rings (SSSR count). The molecule has 0 radical (unpaired) electrons. The summed E-state index contributed by atoms with van der Waals surface area (Å²) in [6.07, 6.45) is -0.773. The molecule has 5 nitrogen and oxygen atoms in total. The van der Waals surface area contributed by atoms with Crippen molar-refractivity contribution in [3.05, 3.63) is 89.2 Å². The van der Waals surface area contributed by atoms with Gasteiger partial charge in [-0.15, -0.1) is 0 Å². The van der Waals surface area contributed by atoms with Crippen molar-refractivity contribution in [3.8, 4) is 5.75 Å². The highest BCUT2D eigenvalue weighted by Gasteiger charge is 2.17. The Kier molecular flexibility index (Phi) is 6.46. The van der Waals surface area contributed by atoms with Gasteiger partial charge in [-0.3, -0.25) is 9.59 Å². The third kappa shape index (κ3) is 5.56. The third-order valence-electron chi connectivity index (χ3n) is 4.01. The fourth-order valence-electron chi connectivity index (χ4n) is 2.49. The van der Waals surface area contributed by atoms with Gasteiger partial charge in [0.25, 0.3) is 11.8 Å². The Morgan fingerprint density at radius 2 is 1.66 bits per heavy atom. The van der Waals surface area contributed by atoms with Crippen LogP contribution in [0, 0.1) is 5.82 Å². The van der Waals surface area contributed by atoms with E-state index in [9.17, 15) is 14.0 Å². The first-order valence-corrected chi connectivity index (χ1v) is 9.19. The van der Waals surface area contributed by atoms with Gasteiger partial charge in [0.1, 0.15) is 11.6 Å². The van der Waals surface area contributed by atoms with Gasteiger partial charge in [-0.25, -0.2) is 4.39 Å². The number of carbonyl (C=O) groups is 2. The zero-order valence-corrected chi connectivity index (χ0v) is 16.2. The summed E-state index contributed by atoms with van der Waals surface area (Å²) in [5.74, 6) is -0.663. The fraction of sp³-hybridized carbons (Fsp3) is 0.0909. The zero-order valence-electron chi connectivity index (χ0n) is 15.5. The molecule has 3 aromatic carbocycles. The molecule has 0 saturated carbocycles. The SMILES string of the molecule is CC(Oc1ccccc1)C(=O)Nc1cc(C(=O)Nc2ccc(F)cc2)ccc1Cl.